The minimum atomic E-state index is -0.942. The number of carboxylic acids is 1. The van der Waals surface area contributed by atoms with Crippen molar-refractivity contribution in [1.82, 2.24) is 0 Å². The number of hydrogen-bond donors (Lipinski definition) is 1. The monoisotopic (exact) mass is 284 g/mol. The number of aliphatic carboxylic acids is 1. The van der Waals surface area contributed by atoms with Crippen LogP contribution in [-0.4, -0.2) is 17.2 Å². The van der Waals surface area contributed by atoms with Gasteiger partial charge in [0.05, 0.1) is 0 Å². The standard InChI is InChI=1S/C18H20O3/c1-3-14-8-4-5-9-15(14)12-17(18(19)20)21-16-10-6-7-13(2)11-16/h4-11,17H,3,12H2,1-2H3,(H,19,20)/t17-/m1/s1. The zero-order valence-electron chi connectivity index (χ0n) is 12.4. The summed E-state index contributed by atoms with van der Waals surface area (Å²) in [7, 11) is 0. The number of rotatable bonds is 6. The highest BCUT2D eigenvalue weighted by molar-refractivity contribution is 5.73. The summed E-state index contributed by atoms with van der Waals surface area (Å²) < 4.78 is 5.66. The maximum absolute atomic E-state index is 11.5. The van der Waals surface area contributed by atoms with Gasteiger partial charge in [-0.2, -0.15) is 0 Å². The van der Waals surface area contributed by atoms with Gasteiger partial charge in [-0.3, -0.25) is 0 Å². The van der Waals surface area contributed by atoms with Gasteiger partial charge in [0, 0.05) is 6.42 Å². The van der Waals surface area contributed by atoms with Gasteiger partial charge in [0.2, 0.25) is 0 Å². The van der Waals surface area contributed by atoms with Crippen LogP contribution < -0.4 is 4.74 Å². The van der Waals surface area contributed by atoms with E-state index in [9.17, 15) is 9.90 Å². The highest BCUT2D eigenvalue weighted by Crippen LogP contribution is 2.18. The van der Waals surface area contributed by atoms with Gasteiger partial charge in [-0.15, -0.1) is 0 Å². The summed E-state index contributed by atoms with van der Waals surface area (Å²) in [6.07, 6.45) is 0.375. The third-order valence-corrected chi connectivity index (χ3v) is 3.45. The predicted molar refractivity (Wildman–Crippen MR) is 82.8 cm³/mol. The van der Waals surface area contributed by atoms with E-state index in [1.165, 1.54) is 0 Å². The molecule has 0 aliphatic heterocycles. The van der Waals surface area contributed by atoms with Crippen LogP contribution in [0, 0.1) is 6.92 Å². The lowest BCUT2D eigenvalue weighted by Gasteiger charge is -2.17. The Kier molecular flexibility index (Phi) is 4.99. The van der Waals surface area contributed by atoms with Crippen molar-refractivity contribution < 1.29 is 14.6 Å². The summed E-state index contributed by atoms with van der Waals surface area (Å²) in [5.74, 6) is -0.348. The van der Waals surface area contributed by atoms with Crippen molar-refractivity contribution in [1.29, 1.82) is 0 Å². The molecule has 0 saturated heterocycles. The molecule has 0 amide bonds. The van der Waals surface area contributed by atoms with E-state index in [1.807, 2.05) is 49.4 Å². The molecular weight excluding hydrogens is 264 g/mol. The van der Waals surface area contributed by atoms with Crippen LogP contribution in [-0.2, 0) is 17.6 Å². The summed E-state index contributed by atoms with van der Waals surface area (Å²) >= 11 is 0. The quantitative estimate of drug-likeness (QED) is 0.881. The summed E-state index contributed by atoms with van der Waals surface area (Å²) in [5, 5.41) is 9.40. The first-order valence-electron chi connectivity index (χ1n) is 7.13. The summed E-state index contributed by atoms with van der Waals surface area (Å²) in [6, 6.07) is 15.4. The Morgan fingerprint density at radius 1 is 1.14 bits per heavy atom. The van der Waals surface area contributed by atoms with E-state index in [-0.39, 0.29) is 0 Å². The fourth-order valence-electron chi connectivity index (χ4n) is 2.33. The van der Waals surface area contributed by atoms with Crippen LogP contribution in [0.1, 0.15) is 23.6 Å². The zero-order chi connectivity index (χ0) is 15.2. The molecule has 0 saturated carbocycles. The number of aryl methyl sites for hydroxylation is 2. The molecule has 0 bridgehead atoms. The van der Waals surface area contributed by atoms with Crippen LogP contribution in [0.4, 0.5) is 0 Å². The van der Waals surface area contributed by atoms with Crippen molar-refractivity contribution in [3.05, 3.63) is 65.2 Å². The van der Waals surface area contributed by atoms with Crippen molar-refractivity contribution in [3.63, 3.8) is 0 Å². The van der Waals surface area contributed by atoms with Gasteiger partial charge in [0.25, 0.3) is 0 Å². The first-order valence-corrected chi connectivity index (χ1v) is 7.13. The smallest absolute Gasteiger partial charge is 0.345 e. The number of benzene rings is 2. The normalized spacial score (nSPS) is 11.9. The lowest BCUT2D eigenvalue weighted by Crippen LogP contribution is -2.29. The second-order valence-electron chi connectivity index (χ2n) is 5.09. The number of carbonyl (C=O) groups is 1. The van der Waals surface area contributed by atoms with Crippen LogP contribution in [0.5, 0.6) is 5.75 Å². The van der Waals surface area contributed by atoms with Gasteiger partial charge in [-0.25, -0.2) is 4.79 Å². The van der Waals surface area contributed by atoms with E-state index < -0.39 is 12.1 Å². The van der Waals surface area contributed by atoms with E-state index in [2.05, 4.69) is 6.92 Å². The molecule has 0 aliphatic rings. The largest absolute Gasteiger partial charge is 0.478 e. The van der Waals surface area contributed by atoms with Crippen LogP contribution in [0.15, 0.2) is 48.5 Å². The van der Waals surface area contributed by atoms with Crippen LogP contribution >= 0.6 is 0 Å². The molecule has 3 heteroatoms. The molecule has 0 radical (unpaired) electrons. The zero-order valence-corrected chi connectivity index (χ0v) is 12.4. The molecule has 110 valence electrons. The summed E-state index contributed by atoms with van der Waals surface area (Å²) in [5.41, 5.74) is 3.24. The lowest BCUT2D eigenvalue weighted by molar-refractivity contribution is -0.145. The lowest BCUT2D eigenvalue weighted by atomic mass is 10.00. The van der Waals surface area contributed by atoms with Crippen molar-refractivity contribution in [2.24, 2.45) is 0 Å². The molecular formula is C18H20O3. The molecule has 2 rings (SSSR count). The molecule has 2 aromatic rings. The molecule has 2 aromatic carbocycles. The van der Waals surface area contributed by atoms with Gasteiger partial charge < -0.3 is 9.84 Å². The Hall–Kier alpha value is -2.29. The third-order valence-electron chi connectivity index (χ3n) is 3.45. The molecule has 0 unspecified atom stereocenters. The third kappa shape index (κ3) is 4.09. The van der Waals surface area contributed by atoms with Gasteiger partial charge >= 0.3 is 5.97 Å². The van der Waals surface area contributed by atoms with Crippen LogP contribution in [0.3, 0.4) is 0 Å². The van der Waals surface area contributed by atoms with Gasteiger partial charge in [-0.05, 0) is 42.2 Å². The van der Waals surface area contributed by atoms with Crippen molar-refractivity contribution in [2.45, 2.75) is 32.8 Å². The fraction of sp³-hybridized carbons (Fsp3) is 0.278. The molecule has 0 aliphatic carbocycles. The molecule has 1 atom stereocenters. The summed E-state index contributed by atoms with van der Waals surface area (Å²) in [4.78, 5) is 11.5. The number of carboxylic acid groups (broad SMARTS) is 1. The van der Waals surface area contributed by atoms with Crippen molar-refractivity contribution >= 4 is 5.97 Å². The van der Waals surface area contributed by atoms with Gasteiger partial charge in [-0.1, -0.05) is 43.3 Å². The minimum absolute atomic E-state index is 0.368. The van der Waals surface area contributed by atoms with E-state index in [0.29, 0.717) is 12.2 Å². The van der Waals surface area contributed by atoms with Gasteiger partial charge in [0.1, 0.15) is 5.75 Å². The molecule has 3 nitrogen and oxygen atoms in total. The molecule has 0 fully saturated rings. The highest BCUT2D eigenvalue weighted by Gasteiger charge is 2.21. The second-order valence-corrected chi connectivity index (χ2v) is 5.09. The molecule has 0 spiro atoms. The predicted octanol–water partition coefficient (Wildman–Crippen LogP) is 3.63. The Balaban J connectivity index is 2.18. The fourth-order valence-corrected chi connectivity index (χ4v) is 2.33. The van der Waals surface area contributed by atoms with E-state index >= 15 is 0 Å². The average Bonchev–Trinajstić information content (AvgIpc) is 2.47. The molecule has 0 heterocycles. The average molecular weight is 284 g/mol. The first-order chi connectivity index (χ1) is 10.1. The van der Waals surface area contributed by atoms with Crippen LogP contribution in [0.2, 0.25) is 0 Å². The number of hydrogen-bond acceptors (Lipinski definition) is 2. The second kappa shape index (κ2) is 6.93. The van der Waals surface area contributed by atoms with Gasteiger partial charge in [0.15, 0.2) is 6.10 Å². The molecule has 1 N–H and O–H groups in total. The van der Waals surface area contributed by atoms with Crippen LogP contribution in [0.25, 0.3) is 0 Å². The Labute approximate surface area is 125 Å². The number of ether oxygens (including phenoxy) is 1. The summed E-state index contributed by atoms with van der Waals surface area (Å²) in [6.45, 7) is 4.02. The first kappa shape index (κ1) is 15.1. The topological polar surface area (TPSA) is 46.5 Å². The van der Waals surface area contributed by atoms with Crippen molar-refractivity contribution in [3.8, 4) is 5.75 Å². The maximum atomic E-state index is 11.5. The minimum Gasteiger partial charge on any atom is -0.478 e. The van der Waals surface area contributed by atoms with Crippen molar-refractivity contribution in [2.75, 3.05) is 0 Å². The van der Waals surface area contributed by atoms with E-state index in [4.69, 9.17) is 4.74 Å². The Morgan fingerprint density at radius 2 is 1.86 bits per heavy atom. The highest BCUT2D eigenvalue weighted by atomic mass is 16.5. The van der Waals surface area contributed by atoms with E-state index in [0.717, 1.165) is 23.1 Å². The maximum Gasteiger partial charge on any atom is 0.345 e. The molecule has 21 heavy (non-hydrogen) atoms. The SMILES string of the molecule is CCc1ccccc1C[C@@H](Oc1cccc(C)c1)C(=O)O. The van der Waals surface area contributed by atoms with E-state index in [1.54, 1.807) is 6.07 Å². The Morgan fingerprint density at radius 3 is 2.48 bits per heavy atom. The molecule has 0 aromatic heterocycles. The Bertz CT molecular complexity index is 619.